The second-order valence-corrected chi connectivity index (χ2v) is 7.46. The van der Waals surface area contributed by atoms with Crippen molar-refractivity contribution in [3.63, 3.8) is 0 Å². The van der Waals surface area contributed by atoms with Crippen LogP contribution in [0.25, 0.3) is 22.0 Å². The van der Waals surface area contributed by atoms with Crippen LogP contribution in [-0.2, 0) is 20.1 Å². The third kappa shape index (κ3) is 3.07. The lowest BCUT2D eigenvalue weighted by Gasteiger charge is -2.06. The van der Waals surface area contributed by atoms with Crippen molar-refractivity contribution < 1.29 is 9.18 Å². The molecule has 0 unspecified atom stereocenters. The van der Waals surface area contributed by atoms with Gasteiger partial charge >= 0.3 is 0 Å². The van der Waals surface area contributed by atoms with Crippen LogP contribution in [0.5, 0.6) is 0 Å². The maximum absolute atomic E-state index is 14.5. The number of carbonyl (C=O) groups excluding carboxylic acids is 1. The number of nitrogens with one attached hydrogen (secondary N) is 2. The molecule has 0 fully saturated rings. The van der Waals surface area contributed by atoms with Crippen molar-refractivity contribution >= 4 is 22.5 Å². The first kappa shape index (κ1) is 17.6. The first-order chi connectivity index (χ1) is 14.0. The quantitative estimate of drug-likeness (QED) is 0.563. The molecule has 29 heavy (non-hydrogen) atoms. The molecule has 0 saturated carbocycles. The molecule has 7 nitrogen and oxygen atoms in total. The summed E-state index contributed by atoms with van der Waals surface area (Å²) in [6.07, 6.45) is 3.32. The van der Waals surface area contributed by atoms with E-state index in [1.165, 1.54) is 17.2 Å². The molecular formula is C21H19FN6O. The van der Waals surface area contributed by atoms with Gasteiger partial charge in [-0.15, -0.1) is 0 Å². The fourth-order valence-corrected chi connectivity index (χ4v) is 3.83. The predicted octanol–water partition coefficient (Wildman–Crippen LogP) is 3.30. The van der Waals surface area contributed by atoms with E-state index in [2.05, 4.69) is 32.6 Å². The molecule has 1 aliphatic rings. The highest BCUT2D eigenvalue weighted by atomic mass is 19.1. The zero-order valence-corrected chi connectivity index (χ0v) is 16.0. The SMILES string of the molecule is CN1Cc2ccc(NC(=O)c3n[nH]c4cc(F)c(-c5cnn(C)c5)cc34)cc2C1. The van der Waals surface area contributed by atoms with E-state index < -0.39 is 5.82 Å². The number of aryl methyl sites for hydroxylation is 1. The van der Waals surface area contributed by atoms with Gasteiger partial charge in [0.15, 0.2) is 5.69 Å². The number of anilines is 1. The fraction of sp³-hybridized carbons (Fsp3) is 0.190. The van der Waals surface area contributed by atoms with Crippen LogP contribution in [0, 0.1) is 5.82 Å². The van der Waals surface area contributed by atoms with Crippen LogP contribution >= 0.6 is 0 Å². The molecule has 5 rings (SSSR count). The molecule has 4 aromatic rings. The van der Waals surface area contributed by atoms with Crippen LogP contribution in [0.3, 0.4) is 0 Å². The monoisotopic (exact) mass is 390 g/mol. The summed E-state index contributed by atoms with van der Waals surface area (Å²) in [5.41, 5.74) is 4.91. The molecule has 0 bridgehead atoms. The third-order valence-electron chi connectivity index (χ3n) is 5.23. The number of aromatic nitrogens is 4. The summed E-state index contributed by atoms with van der Waals surface area (Å²) in [4.78, 5) is 15.1. The summed E-state index contributed by atoms with van der Waals surface area (Å²) in [6, 6.07) is 8.91. The Kier molecular flexibility index (Phi) is 3.95. The Hall–Kier alpha value is -3.52. The van der Waals surface area contributed by atoms with E-state index in [9.17, 15) is 9.18 Å². The van der Waals surface area contributed by atoms with Gasteiger partial charge in [0.1, 0.15) is 5.82 Å². The van der Waals surface area contributed by atoms with Crippen LogP contribution in [-0.4, -0.2) is 37.8 Å². The number of hydrogen-bond acceptors (Lipinski definition) is 4. The Morgan fingerprint density at radius 1 is 1.17 bits per heavy atom. The Balaban J connectivity index is 1.48. The van der Waals surface area contributed by atoms with Crippen molar-refractivity contribution in [1.82, 2.24) is 24.9 Å². The second-order valence-electron chi connectivity index (χ2n) is 7.46. The van der Waals surface area contributed by atoms with Crippen molar-refractivity contribution in [2.75, 3.05) is 12.4 Å². The Bertz CT molecular complexity index is 1260. The molecule has 0 spiro atoms. The Labute approximate surface area is 166 Å². The number of rotatable bonds is 3. The van der Waals surface area contributed by atoms with Gasteiger partial charge in [0.2, 0.25) is 0 Å². The average Bonchev–Trinajstić information content (AvgIpc) is 3.37. The Morgan fingerprint density at radius 3 is 2.79 bits per heavy atom. The fourth-order valence-electron chi connectivity index (χ4n) is 3.83. The number of H-pyrrole nitrogens is 1. The molecule has 2 aromatic heterocycles. The summed E-state index contributed by atoms with van der Waals surface area (Å²) in [7, 11) is 3.83. The van der Waals surface area contributed by atoms with Gasteiger partial charge in [0.25, 0.3) is 5.91 Å². The number of hydrogen-bond donors (Lipinski definition) is 2. The molecule has 1 aliphatic heterocycles. The number of fused-ring (bicyclic) bond motifs is 2. The highest BCUT2D eigenvalue weighted by Gasteiger charge is 2.20. The highest BCUT2D eigenvalue weighted by Crippen LogP contribution is 2.29. The number of carbonyl (C=O) groups is 1. The van der Waals surface area contributed by atoms with Crippen LogP contribution in [0.15, 0.2) is 42.7 Å². The van der Waals surface area contributed by atoms with Crippen LogP contribution < -0.4 is 5.32 Å². The maximum Gasteiger partial charge on any atom is 0.276 e. The summed E-state index contributed by atoms with van der Waals surface area (Å²) in [6.45, 7) is 1.77. The van der Waals surface area contributed by atoms with Crippen molar-refractivity contribution in [3.8, 4) is 11.1 Å². The molecule has 0 aliphatic carbocycles. The van der Waals surface area contributed by atoms with E-state index in [0.29, 0.717) is 22.0 Å². The van der Waals surface area contributed by atoms with Gasteiger partial charge < -0.3 is 5.32 Å². The summed E-state index contributed by atoms with van der Waals surface area (Å²) < 4.78 is 16.1. The van der Waals surface area contributed by atoms with Crippen LogP contribution in [0.4, 0.5) is 10.1 Å². The molecule has 0 saturated heterocycles. The maximum atomic E-state index is 14.5. The Morgan fingerprint density at radius 2 is 2.00 bits per heavy atom. The van der Waals surface area contributed by atoms with Gasteiger partial charge in [-0.25, -0.2) is 4.39 Å². The summed E-state index contributed by atoms with van der Waals surface area (Å²) >= 11 is 0. The van der Waals surface area contributed by atoms with Gasteiger partial charge in [-0.05, 0) is 36.4 Å². The molecule has 3 heterocycles. The standard InChI is InChI=1S/C21H19FN6O/c1-27-9-12-3-4-15(5-13(12)10-27)24-21(29)20-17-6-16(14-8-23-28(2)11-14)18(22)7-19(17)25-26-20/h3-8,11H,9-10H2,1-2H3,(H,24,29)(H,25,26). The van der Waals surface area contributed by atoms with Crippen LogP contribution in [0.2, 0.25) is 0 Å². The van der Waals surface area contributed by atoms with E-state index >= 15 is 0 Å². The first-order valence-corrected chi connectivity index (χ1v) is 9.26. The number of halogens is 1. The van der Waals surface area contributed by atoms with E-state index in [4.69, 9.17) is 0 Å². The van der Waals surface area contributed by atoms with Gasteiger partial charge in [0, 0.05) is 54.6 Å². The minimum absolute atomic E-state index is 0.225. The lowest BCUT2D eigenvalue weighted by Crippen LogP contribution is -2.13. The molecular weight excluding hydrogens is 371 g/mol. The molecule has 0 atom stereocenters. The number of nitrogens with zero attached hydrogens (tertiary/aromatic N) is 4. The summed E-state index contributed by atoms with van der Waals surface area (Å²) in [5, 5.41) is 14.4. The number of amides is 1. The van der Waals surface area contributed by atoms with E-state index in [1.54, 1.807) is 30.2 Å². The molecule has 2 N–H and O–H groups in total. The lowest BCUT2D eigenvalue weighted by atomic mass is 10.0. The normalized spacial score (nSPS) is 13.8. The van der Waals surface area contributed by atoms with Crippen molar-refractivity contribution in [3.05, 3.63) is 65.4 Å². The van der Waals surface area contributed by atoms with Crippen molar-refractivity contribution in [2.24, 2.45) is 7.05 Å². The van der Waals surface area contributed by atoms with Crippen molar-refractivity contribution in [2.45, 2.75) is 13.1 Å². The lowest BCUT2D eigenvalue weighted by molar-refractivity contribution is 0.102. The van der Waals surface area contributed by atoms with Gasteiger partial charge in [-0.2, -0.15) is 10.2 Å². The van der Waals surface area contributed by atoms with Crippen molar-refractivity contribution in [1.29, 1.82) is 0 Å². The summed E-state index contributed by atoms with van der Waals surface area (Å²) in [5.74, 6) is -0.741. The first-order valence-electron chi connectivity index (χ1n) is 9.26. The zero-order chi connectivity index (χ0) is 20.1. The molecule has 2 aromatic carbocycles. The third-order valence-corrected chi connectivity index (χ3v) is 5.23. The molecule has 1 amide bonds. The zero-order valence-electron chi connectivity index (χ0n) is 16.0. The van der Waals surface area contributed by atoms with Gasteiger partial charge in [-0.1, -0.05) is 6.07 Å². The topological polar surface area (TPSA) is 78.8 Å². The second kappa shape index (κ2) is 6.52. The molecule has 0 radical (unpaired) electrons. The number of aromatic amines is 1. The van der Waals surface area contributed by atoms with Gasteiger partial charge in [0.05, 0.1) is 11.7 Å². The highest BCUT2D eigenvalue weighted by molar-refractivity contribution is 6.11. The molecule has 146 valence electrons. The van der Waals surface area contributed by atoms with Crippen LogP contribution in [0.1, 0.15) is 21.6 Å². The van der Waals surface area contributed by atoms with E-state index in [0.717, 1.165) is 18.8 Å². The minimum Gasteiger partial charge on any atom is -0.321 e. The van der Waals surface area contributed by atoms with E-state index in [1.807, 2.05) is 18.2 Å². The molecule has 8 heteroatoms. The average molecular weight is 390 g/mol. The minimum atomic E-state index is -0.399. The van der Waals surface area contributed by atoms with Gasteiger partial charge in [-0.3, -0.25) is 19.5 Å². The smallest absolute Gasteiger partial charge is 0.276 e. The number of benzene rings is 2. The largest absolute Gasteiger partial charge is 0.321 e. The van der Waals surface area contributed by atoms with E-state index in [-0.39, 0.29) is 11.6 Å². The predicted molar refractivity (Wildman–Crippen MR) is 108 cm³/mol.